The Morgan fingerprint density at radius 2 is 2.05 bits per heavy atom. The quantitative estimate of drug-likeness (QED) is 0.715. The number of nitrogens with zero attached hydrogens (tertiary/aromatic N) is 2. The third-order valence-electron chi connectivity index (χ3n) is 2.75. The third-order valence-corrected chi connectivity index (χ3v) is 2.75. The van der Waals surface area contributed by atoms with Crippen LogP contribution in [0.1, 0.15) is 5.76 Å². The van der Waals surface area contributed by atoms with E-state index in [9.17, 15) is 4.39 Å². The van der Waals surface area contributed by atoms with Crippen molar-refractivity contribution >= 4 is 5.69 Å². The lowest BCUT2D eigenvalue weighted by molar-refractivity contribution is 0.429. The van der Waals surface area contributed by atoms with Crippen molar-refractivity contribution in [1.29, 1.82) is 0 Å². The van der Waals surface area contributed by atoms with Gasteiger partial charge in [-0.2, -0.15) is 4.98 Å². The second-order valence-corrected chi connectivity index (χ2v) is 4.05. The molecule has 0 saturated carbocycles. The van der Waals surface area contributed by atoms with Crippen molar-refractivity contribution in [2.45, 2.75) is 6.92 Å². The molecule has 1 aromatic carbocycles. The first-order valence-electron chi connectivity index (χ1n) is 5.59. The van der Waals surface area contributed by atoms with Crippen LogP contribution in [0.3, 0.4) is 0 Å². The van der Waals surface area contributed by atoms with Crippen LogP contribution in [0.15, 0.2) is 39.5 Å². The maximum absolute atomic E-state index is 13.7. The van der Waals surface area contributed by atoms with Gasteiger partial charge >= 0.3 is 0 Å². The van der Waals surface area contributed by atoms with E-state index < -0.39 is 5.82 Å². The fourth-order valence-corrected chi connectivity index (χ4v) is 1.77. The summed E-state index contributed by atoms with van der Waals surface area (Å²) >= 11 is 0. The number of hydrogen-bond donors (Lipinski definition) is 1. The van der Waals surface area contributed by atoms with Gasteiger partial charge in [0.05, 0.1) is 17.4 Å². The van der Waals surface area contributed by atoms with Crippen molar-refractivity contribution in [3.63, 3.8) is 0 Å². The SMILES string of the molecule is Cc1occc1-c1noc(-c2cc(N)ccc2F)n1. The van der Waals surface area contributed by atoms with Crippen LogP contribution in [0.2, 0.25) is 0 Å². The summed E-state index contributed by atoms with van der Waals surface area (Å²) in [6.45, 7) is 1.78. The van der Waals surface area contributed by atoms with Gasteiger partial charge in [-0.05, 0) is 31.2 Å². The van der Waals surface area contributed by atoms with Crippen LogP contribution in [0, 0.1) is 12.7 Å². The Hall–Kier alpha value is -2.63. The molecule has 0 spiro atoms. The summed E-state index contributed by atoms with van der Waals surface area (Å²) in [5.41, 5.74) is 6.93. The Morgan fingerprint density at radius 3 is 2.79 bits per heavy atom. The van der Waals surface area contributed by atoms with E-state index in [1.165, 1.54) is 24.5 Å². The summed E-state index contributed by atoms with van der Waals surface area (Å²) in [6, 6.07) is 5.91. The van der Waals surface area contributed by atoms with E-state index in [1.807, 2.05) is 0 Å². The van der Waals surface area contributed by atoms with E-state index in [0.29, 0.717) is 22.8 Å². The lowest BCUT2D eigenvalue weighted by atomic mass is 10.2. The highest BCUT2D eigenvalue weighted by molar-refractivity contribution is 5.64. The highest BCUT2D eigenvalue weighted by Gasteiger charge is 2.16. The molecule has 0 bridgehead atoms. The maximum Gasteiger partial charge on any atom is 0.261 e. The number of nitrogens with two attached hydrogens (primary N) is 1. The molecule has 3 aromatic rings. The topological polar surface area (TPSA) is 78.1 Å². The zero-order valence-electron chi connectivity index (χ0n) is 10.1. The number of anilines is 1. The highest BCUT2D eigenvalue weighted by Crippen LogP contribution is 2.27. The average molecular weight is 259 g/mol. The van der Waals surface area contributed by atoms with Crippen LogP contribution in [0.4, 0.5) is 10.1 Å². The van der Waals surface area contributed by atoms with E-state index in [-0.39, 0.29) is 11.5 Å². The number of aromatic nitrogens is 2. The third kappa shape index (κ3) is 1.97. The average Bonchev–Trinajstić information content (AvgIpc) is 3.00. The van der Waals surface area contributed by atoms with Crippen LogP contribution in [0.25, 0.3) is 22.8 Å². The minimum absolute atomic E-state index is 0.0837. The van der Waals surface area contributed by atoms with Crippen molar-refractivity contribution in [3.05, 3.63) is 42.1 Å². The Labute approximate surface area is 107 Å². The van der Waals surface area contributed by atoms with Gasteiger partial charge in [0.2, 0.25) is 5.82 Å². The molecule has 2 heterocycles. The monoisotopic (exact) mass is 259 g/mol. The van der Waals surface area contributed by atoms with E-state index in [4.69, 9.17) is 14.7 Å². The van der Waals surface area contributed by atoms with Gasteiger partial charge in [0, 0.05) is 5.69 Å². The number of benzene rings is 1. The Morgan fingerprint density at radius 1 is 1.21 bits per heavy atom. The molecule has 0 aliphatic heterocycles. The molecular weight excluding hydrogens is 249 g/mol. The van der Waals surface area contributed by atoms with Crippen molar-refractivity contribution in [2.24, 2.45) is 0 Å². The highest BCUT2D eigenvalue weighted by atomic mass is 19.1. The van der Waals surface area contributed by atoms with Gasteiger partial charge in [-0.1, -0.05) is 5.16 Å². The number of rotatable bonds is 2. The summed E-state index contributed by atoms with van der Waals surface area (Å²) in [5.74, 6) is 0.636. The second kappa shape index (κ2) is 4.24. The van der Waals surface area contributed by atoms with Gasteiger partial charge in [0.1, 0.15) is 11.6 Å². The van der Waals surface area contributed by atoms with Gasteiger partial charge in [0.15, 0.2) is 0 Å². The molecule has 0 fully saturated rings. The van der Waals surface area contributed by atoms with Gasteiger partial charge in [-0.15, -0.1) is 0 Å². The first kappa shape index (κ1) is 11.5. The van der Waals surface area contributed by atoms with Crippen molar-refractivity contribution in [2.75, 3.05) is 5.73 Å². The number of hydrogen-bond acceptors (Lipinski definition) is 5. The molecule has 0 aliphatic rings. The van der Waals surface area contributed by atoms with Crippen LogP contribution in [-0.4, -0.2) is 10.1 Å². The van der Waals surface area contributed by atoms with Gasteiger partial charge in [0.25, 0.3) is 5.89 Å². The molecule has 0 saturated heterocycles. The predicted octanol–water partition coefficient (Wildman–Crippen LogP) is 3.03. The van der Waals surface area contributed by atoms with E-state index in [0.717, 1.165) is 0 Å². The lowest BCUT2D eigenvalue weighted by Gasteiger charge is -1.98. The minimum atomic E-state index is -0.465. The smallest absolute Gasteiger partial charge is 0.261 e. The molecule has 0 unspecified atom stereocenters. The standard InChI is InChI=1S/C13H10FN3O2/c1-7-9(4-5-18-7)12-16-13(19-17-12)10-6-8(15)2-3-11(10)14/h2-6H,15H2,1H3. The van der Waals surface area contributed by atoms with E-state index in [2.05, 4.69) is 10.1 Å². The molecule has 5 nitrogen and oxygen atoms in total. The summed E-state index contributed by atoms with van der Waals surface area (Å²) in [7, 11) is 0. The summed E-state index contributed by atoms with van der Waals surface area (Å²) in [5, 5.41) is 3.81. The minimum Gasteiger partial charge on any atom is -0.469 e. The van der Waals surface area contributed by atoms with Gasteiger partial charge < -0.3 is 14.7 Å². The molecule has 0 amide bonds. The molecule has 3 rings (SSSR count). The van der Waals surface area contributed by atoms with Crippen LogP contribution >= 0.6 is 0 Å². The van der Waals surface area contributed by atoms with Gasteiger partial charge in [-0.25, -0.2) is 4.39 Å². The molecule has 0 radical (unpaired) electrons. The van der Waals surface area contributed by atoms with E-state index >= 15 is 0 Å². The van der Waals surface area contributed by atoms with Crippen LogP contribution < -0.4 is 5.73 Å². The molecule has 96 valence electrons. The zero-order chi connectivity index (χ0) is 13.4. The fourth-order valence-electron chi connectivity index (χ4n) is 1.77. The first-order valence-corrected chi connectivity index (χ1v) is 5.59. The van der Waals surface area contributed by atoms with Crippen molar-refractivity contribution in [1.82, 2.24) is 10.1 Å². The Balaban J connectivity index is 2.06. The summed E-state index contributed by atoms with van der Waals surface area (Å²) in [6.07, 6.45) is 1.53. The Kier molecular flexibility index (Phi) is 2.56. The predicted molar refractivity (Wildman–Crippen MR) is 66.5 cm³/mol. The zero-order valence-corrected chi connectivity index (χ0v) is 10.1. The van der Waals surface area contributed by atoms with Crippen LogP contribution in [0.5, 0.6) is 0 Å². The molecule has 19 heavy (non-hydrogen) atoms. The molecule has 2 aromatic heterocycles. The number of furan rings is 1. The number of nitrogen functional groups attached to an aromatic ring is 1. The van der Waals surface area contributed by atoms with Crippen molar-refractivity contribution < 1.29 is 13.3 Å². The Bertz CT molecular complexity index is 733. The molecule has 2 N–H and O–H groups in total. The van der Waals surface area contributed by atoms with Gasteiger partial charge in [-0.3, -0.25) is 0 Å². The molecule has 0 aliphatic carbocycles. The fraction of sp³-hybridized carbons (Fsp3) is 0.0769. The van der Waals surface area contributed by atoms with Crippen LogP contribution in [-0.2, 0) is 0 Å². The number of halogens is 1. The lowest BCUT2D eigenvalue weighted by Crippen LogP contribution is -1.89. The number of aryl methyl sites for hydroxylation is 1. The normalized spacial score (nSPS) is 10.8. The molecule has 6 heteroatoms. The second-order valence-electron chi connectivity index (χ2n) is 4.05. The maximum atomic E-state index is 13.7. The molecular formula is C13H10FN3O2. The first-order chi connectivity index (χ1) is 9.15. The summed E-state index contributed by atoms with van der Waals surface area (Å²) in [4.78, 5) is 4.15. The largest absolute Gasteiger partial charge is 0.469 e. The summed E-state index contributed by atoms with van der Waals surface area (Å²) < 4.78 is 23.9. The van der Waals surface area contributed by atoms with E-state index in [1.54, 1.807) is 13.0 Å². The molecule has 0 atom stereocenters. The van der Waals surface area contributed by atoms with Crippen molar-refractivity contribution in [3.8, 4) is 22.8 Å².